The molecule has 9 heteroatoms. The summed E-state index contributed by atoms with van der Waals surface area (Å²) in [5.41, 5.74) is 0.0579. The van der Waals surface area contributed by atoms with E-state index >= 15 is 0 Å². The fourth-order valence-electron chi connectivity index (χ4n) is 2.85. The molecular weight excluding hydrogens is 401 g/mol. The molecule has 0 aliphatic heterocycles. The summed E-state index contributed by atoms with van der Waals surface area (Å²) in [6.45, 7) is 1.73. The molecule has 0 aliphatic rings. The zero-order valence-electron chi connectivity index (χ0n) is 16.0. The lowest BCUT2D eigenvalue weighted by atomic mass is 10.1. The highest BCUT2D eigenvalue weighted by molar-refractivity contribution is 6.07. The maximum atomic E-state index is 13.1. The van der Waals surface area contributed by atoms with E-state index in [1.165, 1.54) is 37.6 Å². The predicted octanol–water partition coefficient (Wildman–Crippen LogP) is 4.96. The van der Waals surface area contributed by atoms with E-state index in [4.69, 9.17) is 9.47 Å². The van der Waals surface area contributed by atoms with Gasteiger partial charge in [-0.1, -0.05) is 6.07 Å². The monoisotopic (exact) mass is 418 g/mol. The molecule has 1 N–H and O–H groups in total. The van der Waals surface area contributed by atoms with Crippen LogP contribution >= 0.6 is 0 Å². The third-order valence-electron chi connectivity index (χ3n) is 4.24. The number of pyridine rings is 1. The number of rotatable bonds is 5. The lowest BCUT2D eigenvalue weighted by molar-refractivity contribution is -0.137. The number of nitrogens with zero attached hydrogens (tertiary/aromatic N) is 1. The summed E-state index contributed by atoms with van der Waals surface area (Å²) in [6.07, 6.45) is -3.26. The van der Waals surface area contributed by atoms with Crippen molar-refractivity contribution in [2.24, 2.45) is 0 Å². The molecule has 0 amide bonds. The van der Waals surface area contributed by atoms with Crippen molar-refractivity contribution in [3.63, 3.8) is 0 Å². The molecule has 1 aromatic heterocycles. The highest BCUT2D eigenvalue weighted by Crippen LogP contribution is 2.34. The van der Waals surface area contributed by atoms with Crippen LogP contribution in [0.3, 0.4) is 0 Å². The number of benzene rings is 2. The van der Waals surface area contributed by atoms with Crippen molar-refractivity contribution in [3.8, 4) is 0 Å². The summed E-state index contributed by atoms with van der Waals surface area (Å²) in [4.78, 5) is 28.5. The quantitative estimate of drug-likeness (QED) is 0.590. The van der Waals surface area contributed by atoms with Gasteiger partial charge in [-0.3, -0.25) is 4.98 Å². The average Bonchev–Trinajstić information content (AvgIpc) is 2.72. The first-order chi connectivity index (χ1) is 14.2. The second kappa shape index (κ2) is 8.40. The highest BCUT2D eigenvalue weighted by atomic mass is 19.4. The van der Waals surface area contributed by atoms with Crippen molar-refractivity contribution >= 4 is 34.2 Å². The number of methoxy groups -OCH3 is 1. The first kappa shape index (κ1) is 21.1. The largest absolute Gasteiger partial charge is 0.465 e. The molecular formula is C21H17F3N2O4. The van der Waals surface area contributed by atoms with Crippen LogP contribution in [0.5, 0.6) is 0 Å². The molecule has 0 fully saturated rings. The Bertz CT molecular complexity index is 1110. The summed E-state index contributed by atoms with van der Waals surface area (Å²) in [7, 11) is 1.22. The van der Waals surface area contributed by atoms with Crippen LogP contribution < -0.4 is 5.32 Å². The number of alkyl halides is 3. The van der Waals surface area contributed by atoms with Gasteiger partial charge in [0, 0.05) is 17.3 Å². The van der Waals surface area contributed by atoms with Crippen molar-refractivity contribution in [2.75, 3.05) is 19.0 Å². The van der Waals surface area contributed by atoms with Gasteiger partial charge in [0.05, 0.1) is 36.0 Å². The zero-order valence-corrected chi connectivity index (χ0v) is 16.0. The van der Waals surface area contributed by atoms with Crippen LogP contribution in [0.15, 0.2) is 48.7 Å². The molecule has 0 spiro atoms. The van der Waals surface area contributed by atoms with E-state index in [0.29, 0.717) is 10.9 Å². The van der Waals surface area contributed by atoms with Crippen molar-refractivity contribution in [1.82, 2.24) is 4.98 Å². The summed E-state index contributed by atoms with van der Waals surface area (Å²) < 4.78 is 49.0. The lowest BCUT2D eigenvalue weighted by Crippen LogP contribution is -2.10. The molecule has 3 aromatic rings. The van der Waals surface area contributed by atoms with Crippen molar-refractivity contribution in [1.29, 1.82) is 0 Å². The number of halogens is 3. The third-order valence-corrected chi connectivity index (χ3v) is 4.24. The molecule has 1 heterocycles. The Morgan fingerprint density at radius 1 is 1.10 bits per heavy atom. The Morgan fingerprint density at radius 3 is 2.53 bits per heavy atom. The highest BCUT2D eigenvalue weighted by Gasteiger charge is 2.30. The first-order valence-corrected chi connectivity index (χ1v) is 8.87. The van der Waals surface area contributed by atoms with Gasteiger partial charge >= 0.3 is 18.1 Å². The number of carbonyl (C=O) groups is 2. The van der Waals surface area contributed by atoms with E-state index < -0.39 is 23.7 Å². The van der Waals surface area contributed by atoms with Gasteiger partial charge in [0.1, 0.15) is 5.56 Å². The Kier molecular flexibility index (Phi) is 5.91. The topological polar surface area (TPSA) is 77.5 Å². The van der Waals surface area contributed by atoms with Crippen LogP contribution in [0.4, 0.5) is 24.5 Å². The summed E-state index contributed by atoms with van der Waals surface area (Å²) >= 11 is 0. The summed E-state index contributed by atoms with van der Waals surface area (Å²) in [5.74, 6) is -1.31. The zero-order chi connectivity index (χ0) is 21.9. The van der Waals surface area contributed by atoms with Crippen LogP contribution in [0, 0.1) is 0 Å². The molecule has 156 valence electrons. The van der Waals surface area contributed by atoms with Crippen LogP contribution in [-0.4, -0.2) is 30.6 Å². The van der Waals surface area contributed by atoms with E-state index in [2.05, 4.69) is 10.3 Å². The summed E-state index contributed by atoms with van der Waals surface area (Å²) in [6, 6.07) is 9.04. The van der Waals surface area contributed by atoms with Crippen molar-refractivity contribution in [3.05, 3.63) is 65.4 Å². The van der Waals surface area contributed by atoms with Gasteiger partial charge in [-0.15, -0.1) is 0 Å². The van der Waals surface area contributed by atoms with Gasteiger partial charge in [0.15, 0.2) is 0 Å². The van der Waals surface area contributed by atoms with Crippen LogP contribution in [0.25, 0.3) is 10.9 Å². The van der Waals surface area contributed by atoms with E-state index in [-0.39, 0.29) is 29.1 Å². The van der Waals surface area contributed by atoms with Crippen molar-refractivity contribution < 1.29 is 32.2 Å². The van der Waals surface area contributed by atoms with E-state index in [0.717, 1.165) is 12.1 Å². The molecule has 3 rings (SSSR count). The minimum atomic E-state index is -4.53. The van der Waals surface area contributed by atoms with E-state index in [9.17, 15) is 22.8 Å². The molecule has 0 unspecified atom stereocenters. The fraction of sp³-hybridized carbons (Fsp3) is 0.190. The van der Waals surface area contributed by atoms with Crippen LogP contribution in [-0.2, 0) is 15.7 Å². The third kappa shape index (κ3) is 4.35. The minimum Gasteiger partial charge on any atom is -0.465 e. The maximum absolute atomic E-state index is 13.1. The number of aromatic nitrogens is 1. The number of ether oxygens (including phenoxy) is 2. The molecule has 30 heavy (non-hydrogen) atoms. The van der Waals surface area contributed by atoms with Crippen LogP contribution in [0.1, 0.15) is 33.2 Å². The number of hydrogen-bond acceptors (Lipinski definition) is 6. The minimum absolute atomic E-state index is 0.0174. The van der Waals surface area contributed by atoms with Crippen molar-refractivity contribution in [2.45, 2.75) is 13.1 Å². The molecule has 0 aliphatic carbocycles. The van der Waals surface area contributed by atoms with Gasteiger partial charge in [-0.25, -0.2) is 9.59 Å². The molecule has 0 saturated heterocycles. The van der Waals surface area contributed by atoms with E-state index in [1.807, 2.05) is 0 Å². The number of carbonyl (C=O) groups excluding carboxylic acids is 2. The molecule has 2 aromatic carbocycles. The lowest BCUT2D eigenvalue weighted by Gasteiger charge is -2.16. The van der Waals surface area contributed by atoms with Gasteiger partial charge in [-0.05, 0) is 43.3 Å². The standard InChI is InChI=1S/C21H17F3N2O4/c1-3-30-20(28)16-11-25-17-8-7-12(19(27)29-2)9-15(17)18(16)26-14-6-4-5-13(10-14)21(22,23)24/h4-11H,3H2,1-2H3,(H,25,26). The average molecular weight is 418 g/mol. The predicted molar refractivity (Wildman–Crippen MR) is 104 cm³/mol. The van der Waals surface area contributed by atoms with Crippen LogP contribution in [0.2, 0.25) is 0 Å². The normalized spacial score (nSPS) is 11.2. The first-order valence-electron chi connectivity index (χ1n) is 8.87. The molecule has 0 radical (unpaired) electrons. The maximum Gasteiger partial charge on any atom is 0.416 e. The molecule has 0 atom stereocenters. The van der Waals surface area contributed by atoms with Gasteiger partial charge in [-0.2, -0.15) is 13.2 Å². The number of anilines is 2. The summed E-state index contributed by atoms with van der Waals surface area (Å²) in [5, 5.41) is 3.21. The fourth-order valence-corrected chi connectivity index (χ4v) is 2.85. The smallest absolute Gasteiger partial charge is 0.416 e. The second-order valence-corrected chi connectivity index (χ2v) is 6.19. The SMILES string of the molecule is CCOC(=O)c1cnc2ccc(C(=O)OC)cc2c1Nc1cccc(C(F)(F)F)c1. The number of hydrogen-bond donors (Lipinski definition) is 1. The Hall–Kier alpha value is -3.62. The van der Waals surface area contributed by atoms with E-state index in [1.54, 1.807) is 13.0 Å². The second-order valence-electron chi connectivity index (χ2n) is 6.19. The Labute approximate surface area is 169 Å². The van der Waals surface area contributed by atoms with Gasteiger partial charge < -0.3 is 14.8 Å². The number of nitrogens with one attached hydrogen (secondary N) is 1. The van der Waals surface area contributed by atoms with Gasteiger partial charge in [0.25, 0.3) is 0 Å². The number of esters is 2. The molecule has 6 nitrogen and oxygen atoms in total. The molecule has 0 saturated carbocycles. The Balaban J connectivity index is 2.19. The molecule has 0 bridgehead atoms. The van der Waals surface area contributed by atoms with Gasteiger partial charge in [0.2, 0.25) is 0 Å². The number of fused-ring (bicyclic) bond motifs is 1. The Morgan fingerprint density at radius 2 is 1.87 bits per heavy atom.